The van der Waals surface area contributed by atoms with Crippen molar-refractivity contribution in [1.29, 1.82) is 0 Å². The molecule has 1 fully saturated rings. The molecule has 7 nitrogen and oxygen atoms in total. The van der Waals surface area contributed by atoms with Gasteiger partial charge >= 0.3 is 5.97 Å². The number of benzene rings is 1. The van der Waals surface area contributed by atoms with Crippen molar-refractivity contribution in [2.45, 2.75) is 19.4 Å². The molecule has 1 heterocycles. The molecule has 0 aromatic heterocycles. The normalized spacial score (nSPS) is 17.3. The summed E-state index contributed by atoms with van der Waals surface area (Å²) in [6.45, 7) is 1.78. The van der Waals surface area contributed by atoms with Gasteiger partial charge in [-0.15, -0.1) is 0 Å². The number of piperidine rings is 1. The number of nitrogens with one attached hydrogen (secondary N) is 1. The van der Waals surface area contributed by atoms with Gasteiger partial charge in [0.05, 0.1) is 25.2 Å². The lowest BCUT2D eigenvalue weighted by Gasteiger charge is -2.31. The Hall–Kier alpha value is -2.41. The van der Waals surface area contributed by atoms with Crippen LogP contribution in [-0.2, 0) is 25.6 Å². The van der Waals surface area contributed by atoms with E-state index in [-0.39, 0.29) is 17.7 Å². The summed E-state index contributed by atoms with van der Waals surface area (Å²) < 4.78 is 9.65. The number of hydrogen-bond donors (Lipinski definition) is 1. The predicted molar refractivity (Wildman–Crippen MR) is 90.8 cm³/mol. The van der Waals surface area contributed by atoms with Crippen LogP contribution in [0.4, 0.5) is 0 Å². The van der Waals surface area contributed by atoms with Gasteiger partial charge in [0.2, 0.25) is 11.8 Å². The van der Waals surface area contributed by atoms with Gasteiger partial charge in [-0.1, -0.05) is 12.1 Å². The zero-order valence-corrected chi connectivity index (χ0v) is 14.6. The standard InChI is InChI=1S/C18H24N2O5/c1-24-10-9-20-12-15(7-8-16(20)21)17(22)19-11-13-3-5-14(6-4-13)18(23)25-2/h3-6,15H,7-12H2,1-2H3,(H,19,22)/t15-/m0/s1. The van der Waals surface area contributed by atoms with Gasteiger partial charge in [0.15, 0.2) is 0 Å². The SMILES string of the molecule is COCCN1C[C@@H](C(=O)NCc2ccc(C(=O)OC)cc2)CCC1=O. The number of ether oxygens (including phenoxy) is 2. The maximum Gasteiger partial charge on any atom is 0.337 e. The molecule has 2 rings (SSSR count). The fourth-order valence-electron chi connectivity index (χ4n) is 2.76. The molecule has 1 atom stereocenters. The first-order chi connectivity index (χ1) is 12.0. The highest BCUT2D eigenvalue weighted by molar-refractivity contribution is 5.89. The van der Waals surface area contributed by atoms with Crippen molar-refractivity contribution in [3.63, 3.8) is 0 Å². The average Bonchev–Trinajstić information content (AvgIpc) is 2.65. The summed E-state index contributed by atoms with van der Waals surface area (Å²) in [5, 5.41) is 2.90. The van der Waals surface area contributed by atoms with Gasteiger partial charge in [-0.05, 0) is 24.1 Å². The third kappa shape index (κ3) is 5.29. The molecule has 1 N–H and O–H groups in total. The number of carbonyl (C=O) groups is 3. The second kappa shape index (κ2) is 9.17. The van der Waals surface area contributed by atoms with Crippen LogP contribution < -0.4 is 5.32 Å². The Morgan fingerprint density at radius 3 is 2.60 bits per heavy atom. The van der Waals surface area contributed by atoms with E-state index in [4.69, 9.17) is 4.74 Å². The van der Waals surface area contributed by atoms with Crippen molar-refractivity contribution in [2.24, 2.45) is 5.92 Å². The molecular formula is C18H24N2O5. The molecule has 7 heteroatoms. The van der Waals surface area contributed by atoms with Crippen LogP contribution in [0, 0.1) is 5.92 Å². The Morgan fingerprint density at radius 1 is 1.24 bits per heavy atom. The lowest BCUT2D eigenvalue weighted by Crippen LogP contribution is -2.46. The van der Waals surface area contributed by atoms with E-state index in [0.29, 0.717) is 44.6 Å². The van der Waals surface area contributed by atoms with Gasteiger partial charge in [-0.25, -0.2) is 4.79 Å². The molecular weight excluding hydrogens is 324 g/mol. The molecule has 136 valence electrons. The highest BCUT2D eigenvalue weighted by Gasteiger charge is 2.29. The van der Waals surface area contributed by atoms with Crippen molar-refractivity contribution in [1.82, 2.24) is 10.2 Å². The first-order valence-corrected chi connectivity index (χ1v) is 8.26. The summed E-state index contributed by atoms with van der Waals surface area (Å²) >= 11 is 0. The Morgan fingerprint density at radius 2 is 1.96 bits per heavy atom. The number of esters is 1. The van der Waals surface area contributed by atoms with E-state index in [1.807, 2.05) is 0 Å². The minimum atomic E-state index is -0.390. The highest BCUT2D eigenvalue weighted by atomic mass is 16.5. The molecule has 0 aliphatic carbocycles. The van der Waals surface area contributed by atoms with Crippen molar-refractivity contribution in [2.75, 3.05) is 33.9 Å². The molecule has 0 saturated carbocycles. The van der Waals surface area contributed by atoms with Crippen LogP contribution in [-0.4, -0.2) is 56.6 Å². The maximum atomic E-state index is 12.4. The molecule has 0 bridgehead atoms. The number of amides is 2. The topological polar surface area (TPSA) is 84.9 Å². The average molecular weight is 348 g/mol. The van der Waals surface area contributed by atoms with Crippen LogP contribution >= 0.6 is 0 Å². The first kappa shape index (κ1) is 18.9. The van der Waals surface area contributed by atoms with Gasteiger partial charge in [0.25, 0.3) is 0 Å². The van der Waals surface area contributed by atoms with Crippen LogP contribution in [0.15, 0.2) is 24.3 Å². The number of rotatable bonds is 7. The molecule has 25 heavy (non-hydrogen) atoms. The van der Waals surface area contributed by atoms with Gasteiger partial charge in [-0.3, -0.25) is 9.59 Å². The van der Waals surface area contributed by atoms with E-state index >= 15 is 0 Å². The molecule has 1 aromatic carbocycles. The lowest BCUT2D eigenvalue weighted by molar-refractivity contribution is -0.138. The maximum absolute atomic E-state index is 12.4. The van der Waals surface area contributed by atoms with Crippen LogP contribution in [0.2, 0.25) is 0 Å². The van der Waals surface area contributed by atoms with Crippen molar-refractivity contribution >= 4 is 17.8 Å². The van der Waals surface area contributed by atoms with Gasteiger partial charge < -0.3 is 19.7 Å². The Labute approximate surface area is 147 Å². The van der Waals surface area contributed by atoms with Crippen molar-refractivity contribution in [3.8, 4) is 0 Å². The van der Waals surface area contributed by atoms with Gasteiger partial charge in [-0.2, -0.15) is 0 Å². The molecule has 1 saturated heterocycles. The largest absolute Gasteiger partial charge is 0.465 e. The van der Waals surface area contributed by atoms with Crippen LogP contribution in [0.25, 0.3) is 0 Å². The molecule has 1 aromatic rings. The van der Waals surface area contributed by atoms with Gasteiger partial charge in [0, 0.05) is 33.2 Å². The summed E-state index contributed by atoms with van der Waals surface area (Å²) in [6, 6.07) is 6.89. The van der Waals surface area contributed by atoms with Crippen LogP contribution in [0.1, 0.15) is 28.8 Å². The van der Waals surface area contributed by atoms with E-state index in [9.17, 15) is 14.4 Å². The Bertz CT molecular complexity index is 614. The van der Waals surface area contributed by atoms with Crippen LogP contribution in [0.5, 0.6) is 0 Å². The lowest BCUT2D eigenvalue weighted by atomic mass is 9.96. The quantitative estimate of drug-likeness (QED) is 0.743. The monoisotopic (exact) mass is 348 g/mol. The minimum Gasteiger partial charge on any atom is -0.465 e. The highest BCUT2D eigenvalue weighted by Crippen LogP contribution is 2.18. The first-order valence-electron chi connectivity index (χ1n) is 8.26. The molecule has 2 amide bonds. The third-order valence-electron chi connectivity index (χ3n) is 4.28. The van der Waals surface area contributed by atoms with E-state index in [2.05, 4.69) is 10.1 Å². The Balaban J connectivity index is 1.85. The molecule has 0 spiro atoms. The van der Waals surface area contributed by atoms with Crippen molar-refractivity contribution < 1.29 is 23.9 Å². The van der Waals surface area contributed by atoms with E-state index in [0.717, 1.165) is 5.56 Å². The smallest absolute Gasteiger partial charge is 0.337 e. The molecule has 1 aliphatic rings. The summed E-state index contributed by atoms with van der Waals surface area (Å²) in [6.07, 6.45) is 0.949. The van der Waals surface area contributed by atoms with Crippen molar-refractivity contribution in [3.05, 3.63) is 35.4 Å². The Kier molecular flexibility index (Phi) is 6.94. The number of carbonyl (C=O) groups excluding carboxylic acids is 3. The predicted octanol–water partition coefficient (Wildman–Crippen LogP) is 0.974. The fourth-order valence-corrected chi connectivity index (χ4v) is 2.76. The minimum absolute atomic E-state index is 0.0630. The van der Waals surface area contributed by atoms with E-state index < -0.39 is 5.97 Å². The summed E-state index contributed by atoms with van der Waals surface area (Å²) in [4.78, 5) is 37.3. The third-order valence-corrected chi connectivity index (χ3v) is 4.28. The fraction of sp³-hybridized carbons (Fsp3) is 0.500. The zero-order valence-electron chi connectivity index (χ0n) is 14.6. The number of likely N-dealkylation sites (tertiary alicyclic amines) is 1. The van der Waals surface area contributed by atoms with E-state index in [1.54, 1.807) is 36.3 Å². The summed E-state index contributed by atoms with van der Waals surface area (Å²) in [5.74, 6) is -0.589. The molecule has 0 unspecified atom stereocenters. The number of hydrogen-bond acceptors (Lipinski definition) is 5. The van der Waals surface area contributed by atoms with E-state index in [1.165, 1.54) is 7.11 Å². The molecule has 0 radical (unpaired) electrons. The summed E-state index contributed by atoms with van der Waals surface area (Å²) in [7, 11) is 2.92. The van der Waals surface area contributed by atoms with Crippen LogP contribution in [0.3, 0.4) is 0 Å². The summed E-state index contributed by atoms with van der Waals surface area (Å²) in [5.41, 5.74) is 1.36. The zero-order chi connectivity index (χ0) is 18.2. The second-order valence-corrected chi connectivity index (χ2v) is 5.97. The molecule has 1 aliphatic heterocycles. The number of methoxy groups -OCH3 is 2. The second-order valence-electron chi connectivity index (χ2n) is 5.97. The number of nitrogens with zero attached hydrogens (tertiary/aromatic N) is 1. The van der Waals surface area contributed by atoms with Gasteiger partial charge in [0.1, 0.15) is 0 Å².